The van der Waals surface area contributed by atoms with Crippen LogP contribution in [0.15, 0.2) is 43.1 Å². The highest BCUT2D eigenvalue weighted by Gasteiger charge is 2.34. The molecule has 1 aromatic heterocycles. The Balaban J connectivity index is 1.62. The Hall–Kier alpha value is -2.67. The highest BCUT2D eigenvalue weighted by Crippen LogP contribution is 2.43. The van der Waals surface area contributed by atoms with Gasteiger partial charge in [-0.15, -0.1) is 0 Å². The quantitative estimate of drug-likeness (QED) is 0.457. The lowest BCUT2D eigenvalue weighted by atomic mass is 9.99. The molecule has 1 aliphatic heterocycles. The van der Waals surface area contributed by atoms with Gasteiger partial charge in [0.15, 0.2) is 0 Å². The summed E-state index contributed by atoms with van der Waals surface area (Å²) in [6.45, 7) is 6.09. The van der Waals surface area contributed by atoms with E-state index >= 15 is 0 Å². The molecule has 1 N–H and O–H groups in total. The number of methoxy groups -OCH3 is 1. The third kappa shape index (κ3) is 4.63. The number of carbonyl (C=O) groups excluding carboxylic acids is 1. The second-order valence-electron chi connectivity index (χ2n) is 8.49. The van der Waals surface area contributed by atoms with Crippen LogP contribution in [0.25, 0.3) is 22.0 Å². The van der Waals surface area contributed by atoms with E-state index in [9.17, 15) is 9.90 Å². The second kappa shape index (κ2) is 10.3. The van der Waals surface area contributed by atoms with Gasteiger partial charge in [-0.25, -0.2) is 9.97 Å². The lowest BCUT2D eigenvalue weighted by Crippen LogP contribution is -2.36. The molecule has 1 amide bonds. The fourth-order valence-electron chi connectivity index (χ4n) is 4.63. The normalized spacial score (nSPS) is 17.9. The number of benzene rings is 2. The summed E-state index contributed by atoms with van der Waals surface area (Å²) in [7, 11) is 1.59. The number of aliphatic hydroxyl groups is 1. The number of rotatable bonds is 7. The van der Waals surface area contributed by atoms with Crippen LogP contribution in [0.4, 0.5) is 0 Å². The van der Waals surface area contributed by atoms with Crippen molar-refractivity contribution >= 4 is 40.0 Å². The molecule has 0 spiro atoms. The molecule has 0 aliphatic carbocycles. The lowest BCUT2D eigenvalue weighted by molar-refractivity contribution is -0.127. The van der Waals surface area contributed by atoms with Crippen LogP contribution in [0.2, 0.25) is 10.0 Å². The van der Waals surface area contributed by atoms with Crippen LogP contribution in [0.1, 0.15) is 24.7 Å². The van der Waals surface area contributed by atoms with E-state index in [0.717, 1.165) is 34.0 Å². The third-order valence-corrected chi connectivity index (χ3v) is 7.21. The van der Waals surface area contributed by atoms with Crippen molar-refractivity contribution in [1.82, 2.24) is 14.9 Å². The average Bonchev–Trinajstić information content (AvgIpc) is 3.26. The minimum Gasteiger partial charge on any atom is -0.495 e. The van der Waals surface area contributed by atoms with Crippen LogP contribution in [-0.4, -0.2) is 52.2 Å². The van der Waals surface area contributed by atoms with Gasteiger partial charge in [0, 0.05) is 30.1 Å². The van der Waals surface area contributed by atoms with Gasteiger partial charge in [-0.2, -0.15) is 0 Å². The van der Waals surface area contributed by atoms with E-state index < -0.39 is 0 Å². The molecule has 2 atom stereocenters. The molecule has 3 aromatic rings. The van der Waals surface area contributed by atoms with Gasteiger partial charge in [-0.05, 0) is 54.2 Å². The monoisotopic (exact) mass is 499 g/mol. The Morgan fingerprint density at radius 1 is 1.32 bits per heavy atom. The van der Waals surface area contributed by atoms with Gasteiger partial charge in [-0.3, -0.25) is 4.79 Å². The maximum atomic E-state index is 12.1. The van der Waals surface area contributed by atoms with Crippen molar-refractivity contribution < 1.29 is 14.6 Å². The van der Waals surface area contributed by atoms with Crippen molar-refractivity contribution in [3.05, 3.63) is 64.6 Å². The molecular weight excluding hydrogens is 473 g/mol. The zero-order chi connectivity index (χ0) is 24.4. The van der Waals surface area contributed by atoms with E-state index in [4.69, 9.17) is 32.9 Å². The number of aliphatic hydroxyl groups excluding tert-OH is 1. The van der Waals surface area contributed by atoms with E-state index in [1.165, 1.54) is 6.08 Å². The van der Waals surface area contributed by atoms with Crippen LogP contribution < -0.4 is 4.74 Å². The number of hydrogen-bond donors (Lipinski definition) is 1. The van der Waals surface area contributed by atoms with Gasteiger partial charge in [0.05, 0.1) is 35.3 Å². The Kier molecular flexibility index (Phi) is 7.41. The summed E-state index contributed by atoms with van der Waals surface area (Å²) < 4.78 is 5.46. The summed E-state index contributed by atoms with van der Waals surface area (Å²) >= 11 is 13.3. The summed E-state index contributed by atoms with van der Waals surface area (Å²) in [5, 5.41) is 11.6. The number of halogens is 2. The lowest BCUT2D eigenvalue weighted by Gasteiger charge is -2.21. The number of likely N-dealkylation sites (tertiary alicyclic amines) is 1. The number of fused-ring (bicyclic) bond motifs is 1. The first-order chi connectivity index (χ1) is 16.4. The van der Waals surface area contributed by atoms with Gasteiger partial charge >= 0.3 is 0 Å². The van der Waals surface area contributed by atoms with Crippen molar-refractivity contribution in [1.29, 1.82) is 0 Å². The van der Waals surface area contributed by atoms with E-state index in [2.05, 4.69) is 11.6 Å². The van der Waals surface area contributed by atoms with Crippen molar-refractivity contribution in [3.8, 4) is 16.9 Å². The highest BCUT2D eigenvalue weighted by atomic mass is 35.5. The summed E-state index contributed by atoms with van der Waals surface area (Å²) in [5.74, 6) is 1.32. The number of nitrogens with zero attached hydrogens (tertiary/aromatic N) is 3. The van der Waals surface area contributed by atoms with E-state index in [1.54, 1.807) is 18.2 Å². The number of ether oxygens (including phenoxy) is 1. The third-order valence-electron chi connectivity index (χ3n) is 6.40. The minimum absolute atomic E-state index is 0.0629. The highest BCUT2D eigenvalue weighted by molar-refractivity contribution is 6.40. The van der Waals surface area contributed by atoms with Gasteiger partial charge in [0.1, 0.15) is 11.6 Å². The van der Waals surface area contributed by atoms with Gasteiger partial charge in [0.2, 0.25) is 5.91 Å². The molecule has 4 rings (SSSR count). The van der Waals surface area contributed by atoms with Crippen LogP contribution in [0.5, 0.6) is 5.75 Å². The number of carbonyl (C=O) groups is 1. The largest absolute Gasteiger partial charge is 0.495 e. The first kappa shape index (κ1) is 24.5. The number of amides is 1. The van der Waals surface area contributed by atoms with E-state index in [1.807, 2.05) is 31.2 Å². The number of aryl methyl sites for hydroxylation is 1. The Morgan fingerprint density at radius 2 is 2.12 bits per heavy atom. The Bertz CT molecular complexity index is 1220. The first-order valence-electron chi connectivity index (χ1n) is 11.2. The SMILES string of the molecule is C=CC(=O)N1C[C@@H](Cc2ncc3cc(-c4c(Cl)c(CC)cc(OC)c4Cl)ccc3n2)C[C@H]1CO. The molecule has 0 radical (unpaired) electrons. The molecule has 1 saturated heterocycles. The smallest absolute Gasteiger partial charge is 0.246 e. The fourth-order valence-corrected chi connectivity index (χ4v) is 5.41. The van der Waals surface area contributed by atoms with Crippen LogP contribution in [0, 0.1) is 5.92 Å². The zero-order valence-electron chi connectivity index (χ0n) is 19.2. The maximum absolute atomic E-state index is 12.1. The molecule has 34 heavy (non-hydrogen) atoms. The summed E-state index contributed by atoms with van der Waals surface area (Å²) in [5.41, 5.74) is 3.38. The maximum Gasteiger partial charge on any atom is 0.246 e. The van der Waals surface area contributed by atoms with E-state index in [-0.39, 0.29) is 24.5 Å². The van der Waals surface area contributed by atoms with Gasteiger partial charge < -0.3 is 14.7 Å². The standard InChI is InChI=1S/C26H27Cl2N3O3/c1-4-16-11-21(34-3)26(28)24(25(16)27)17-6-7-20-18(10-17)12-29-22(30-20)9-15-8-19(14-32)31(13-15)23(33)5-2/h5-7,10-12,15,19,32H,2,4,8-9,13-14H2,1,3H3/t15-,19+/m1/s1. The molecule has 2 aromatic carbocycles. The predicted molar refractivity (Wildman–Crippen MR) is 136 cm³/mol. The van der Waals surface area contributed by atoms with Crippen LogP contribution in [-0.2, 0) is 17.6 Å². The van der Waals surface area contributed by atoms with Crippen LogP contribution >= 0.6 is 23.2 Å². The molecule has 0 saturated carbocycles. The van der Waals surface area contributed by atoms with Gasteiger partial charge in [-0.1, -0.05) is 42.8 Å². The Labute approximate surface area is 209 Å². The molecule has 178 valence electrons. The van der Waals surface area contributed by atoms with Crippen molar-refractivity contribution in [2.45, 2.75) is 32.2 Å². The fraction of sp³-hybridized carbons (Fsp3) is 0.346. The summed E-state index contributed by atoms with van der Waals surface area (Å²) in [4.78, 5) is 23.1. The summed E-state index contributed by atoms with van der Waals surface area (Å²) in [6.07, 6.45) is 5.19. The van der Waals surface area contributed by atoms with Crippen molar-refractivity contribution in [2.75, 3.05) is 20.3 Å². The predicted octanol–water partition coefficient (Wildman–Crippen LogP) is 5.11. The number of hydrogen-bond acceptors (Lipinski definition) is 5. The molecule has 6 nitrogen and oxygen atoms in total. The van der Waals surface area contributed by atoms with Crippen molar-refractivity contribution in [2.24, 2.45) is 5.92 Å². The molecular formula is C26H27Cl2N3O3. The summed E-state index contributed by atoms with van der Waals surface area (Å²) in [6, 6.07) is 7.55. The second-order valence-corrected chi connectivity index (χ2v) is 9.25. The van der Waals surface area contributed by atoms with Gasteiger partial charge in [0.25, 0.3) is 0 Å². The van der Waals surface area contributed by atoms with Crippen LogP contribution in [0.3, 0.4) is 0 Å². The zero-order valence-corrected chi connectivity index (χ0v) is 20.7. The first-order valence-corrected chi connectivity index (χ1v) is 12.0. The number of aromatic nitrogens is 2. The molecule has 0 bridgehead atoms. The van der Waals surface area contributed by atoms with E-state index in [0.29, 0.717) is 41.0 Å². The average molecular weight is 500 g/mol. The van der Waals surface area contributed by atoms with Crippen molar-refractivity contribution in [3.63, 3.8) is 0 Å². The topological polar surface area (TPSA) is 75.6 Å². The molecule has 1 aliphatic rings. The molecule has 8 heteroatoms. The molecule has 1 fully saturated rings. The minimum atomic E-state index is -0.191. The molecule has 0 unspecified atom stereocenters. The molecule has 2 heterocycles. The Morgan fingerprint density at radius 3 is 2.79 bits per heavy atom.